The zero-order valence-electron chi connectivity index (χ0n) is 10.4. The van der Waals surface area contributed by atoms with Gasteiger partial charge >= 0.3 is 0 Å². The monoisotopic (exact) mass is 214 g/mol. The minimum atomic E-state index is 0.192. The summed E-state index contributed by atoms with van der Waals surface area (Å²) in [6, 6.07) is 0.192. The maximum Gasteiger partial charge on any atom is 0.0744 e. The van der Waals surface area contributed by atoms with Gasteiger partial charge in [-0.25, -0.2) is 0 Å². The molecule has 0 fully saturated rings. The molecule has 0 spiro atoms. The van der Waals surface area contributed by atoms with Crippen LogP contribution in [0.2, 0.25) is 0 Å². The molecule has 2 unspecified atom stereocenters. The van der Waals surface area contributed by atoms with Crippen LogP contribution in [-0.2, 0) is 4.74 Å². The van der Waals surface area contributed by atoms with E-state index in [1.807, 2.05) is 6.92 Å². The van der Waals surface area contributed by atoms with Gasteiger partial charge in [0, 0.05) is 6.61 Å². The molecule has 0 saturated carbocycles. The Bertz CT molecular complexity index is 165. The van der Waals surface area contributed by atoms with Gasteiger partial charge in [0.2, 0.25) is 0 Å². The summed E-state index contributed by atoms with van der Waals surface area (Å²) in [5.74, 6) is 5.57. The number of ether oxygens (including phenoxy) is 1. The molecule has 0 aliphatic carbocycles. The lowest BCUT2D eigenvalue weighted by Crippen LogP contribution is -2.45. The molecule has 3 nitrogen and oxygen atoms in total. The molecule has 0 aromatic heterocycles. The number of hydrogen-bond donors (Lipinski definition) is 2. The second kappa shape index (κ2) is 8.89. The van der Waals surface area contributed by atoms with Gasteiger partial charge in [0.05, 0.1) is 12.1 Å². The smallest absolute Gasteiger partial charge is 0.0744 e. The molecule has 0 radical (unpaired) electrons. The topological polar surface area (TPSA) is 47.3 Å². The zero-order valence-corrected chi connectivity index (χ0v) is 10.4. The first-order valence-electron chi connectivity index (χ1n) is 5.93. The quantitative estimate of drug-likeness (QED) is 0.352. The van der Waals surface area contributed by atoms with Gasteiger partial charge < -0.3 is 4.74 Å². The number of nitrogens with two attached hydrogens (primary N) is 1. The summed E-state index contributed by atoms with van der Waals surface area (Å²) in [4.78, 5) is 0. The first-order chi connectivity index (χ1) is 7.19. The average Bonchev–Trinajstić information content (AvgIpc) is 2.25. The lowest BCUT2D eigenvalue weighted by Gasteiger charge is -2.26. The fourth-order valence-electron chi connectivity index (χ4n) is 1.65. The summed E-state index contributed by atoms with van der Waals surface area (Å²) in [6.07, 6.45) is 4.26. The van der Waals surface area contributed by atoms with Crippen molar-refractivity contribution in [2.24, 2.45) is 5.84 Å². The van der Waals surface area contributed by atoms with Crippen LogP contribution >= 0.6 is 0 Å². The van der Waals surface area contributed by atoms with Gasteiger partial charge in [-0.2, -0.15) is 0 Å². The average molecular weight is 214 g/mol. The normalized spacial score (nSPS) is 14.9. The summed E-state index contributed by atoms with van der Waals surface area (Å²) >= 11 is 0. The SMILES string of the molecule is C=C(CC)CC(NN)C(CCC)OCC. The van der Waals surface area contributed by atoms with Crippen LogP contribution in [0, 0.1) is 0 Å². The summed E-state index contributed by atoms with van der Waals surface area (Å²) in [6.45, 7) is 11.0. The molecule has 0 bridgehead atoms. The summed E-state index contributed by atoms with van der Waals surface area (Å²) < 4.78 is 5.70. The van der Waals surface area contributed by atoms with E-state index in [1.165, 1.54) is 5.57 Å². The van der Waals surface area contributed by atoms with Crippen molar-refractivity contribution in [2.75, 3.05) is 6.61 Å². The van der Waals surface area contributed by atoms with Crippen molar-refractivity contribution in [3.8, 4) is 0 Å². The maximum atomic E-state index is 5.70. The lowest BCUT2D eigenvalue weighted by molar-refractivity contribution is 0.0280. The molecule has 0 saturated heterocycles. The standard InChI is InChI=1S/C12H26N2O/c1-5-8-12(15-7-3)11(14-13)9-10(4)6-2/h11-12,14H,4-9,13H2,1-3H3. The highest BCUT2D eigenvalue weighted by Crippen LogP contribution is 2.15. The lowest BCUT2D eigenvalue weighted by atomic mass is 9.98. The van der Waals surface area contributed by atoms with Crippen molar-refractivity contribution in [1.82, 2.24) is 5.43 Å². The Morgan fingerprint density at radius 1 is 1.40 bits per heavy atom. The molecule has 0 rings (SSSR count). The Labute approximate surface area is 94.0 Å². The molecule has 15 heavy (non-hydrogen) atoms. The Morgan fingerprint density at radius 2 is 2.07 bits per heavy atom. The van der Waals surface area contributed by atoms with Gasteiger partial charge in [0.25, 0.3) is 0 Å². The third kappa shape index (κ3) is 5.92. The van der Waals surface area contributed by atoms with Gasteiger partial charge in [-0.05, 0) is 26.2 Å². The minimum Gasteiger partial charge on any atom is -0.377 e. The Balaban J connectivity index is 4.23. The van der Waals surface area contributed by atoms with Crippen molar-refractivity contribution in [1.29, 1.82) is 0 Å². The molecule has 2 atom stereocenters. The number of hydrazine groups is 1. The zero-order chi connectivity index (χ0) is 11.7. The second-order valence-electron chi connectivity index (χ2n) is 3.86. The van der Waals surface area contributed by atoms with Crippen LogP contribution < -0.4 is 11.3 Å². The minimum absolute atomic E-state index is 0.192. The molecule has 0 aromatic rings. The summed E-state index contributed by atoms with van der Waals surface area (Å²) in [5, 5.41) is 0. The van der Waals surface area contributed by atoms with E-state index in [0.29, 0.717) is 0 Å². The fourth-order valence-corrected chi connectivity index (χ4v) is 1.65. The van der Waals surface area contributed by atoms with Gasteiger partial charge in [-0.15, -0.1) is 0 Å². The first-order valence-corrected chi connectivity index (χ1v) is 5.93. The van der Waals surface area contributed by atoms with E-state index in [-0.39, 0.29) is 12.1 Å². The van der Waals surface area contributed by atoms with E-state index in [4.69, 9.17) is 10.6 Å². The van der Waals surface area contributed by atoms with Crippen LogP contribution in [-0.4, -0.2) is 18.8 Å². The van der Waals surface area contributed by atoms with Crippen LogP contribution in [0.1, 0.15) is 46.5 Å². The Hall–Kier alpha value is -0.380. The van der Waals surface area contributed by atoms with E-state index in [0.717, 1.165) is 32.3 Å². The Kier molecular flexibility index (Phi) is 8.67. The first kappa shape index (κ1) is 14.6. The summed E-state index contributed by atoms with van der Waals surface area (Å²) in [7, 11) is 0. The summed E-state index contributed by atoms with van der Waals surface area (Å²) in [5.41, 5.74) is 4.07. The van der Waals surface area contributed by atoms with Gasteiger partial charge in [0.15, 0.2) is 0 Å². The highest BCUT2D eigenvalue weighted by molar-refractivity contribution is 4.98. The van der Waals surface area contributed by atoms with Gasteiger partial charge in [-0.1, -0.05) is 32.4 Å². The van der Waals surface area contributed by atoms with E-state index in [1.54, 1.807) is 0 Å². The van der Waals surface area contributed by atoms with Crippen molar-refractivity contribution in [3.63, 3.8) is 0 Å². The van der Waals surface area contributed by atoms with E-state index >= 15 is 0 Å². The molecule has 0 heterocycles. The van der Waals surface area contributed by atoms with Crippen LogP contribution in [0.4, 0.5) is 0 Å². The van der Waals surface area contributed by atoms with E-state index < -0.39 is 0 Å². The van der Waals surface area contributed by atoms with Crippen molar-refractivity contribution >= 4 is 0 Å². The van der Waals surface area contributed by atoms with Gasteiger partial charge in [0.1, 0.15) is 0 Å². The third-order valence-corrected chi connectivity index (χ3v) is 2.63. The molecule has 0 aliphatic heterocycles. The number of rotatable bonds is 9. The van der Waals surface area contributed by atoms with Crippen molar-refractivity contribution in [2.45, 2.75) is 58.6 Å². The molecule has 90 valence electrons. The molecular formula is C12H26N2O. The van der Waals surface area contributed by atoms with Crippen LogP contribution in [0.15, 0.2) is 12.2 Å². The molecule has 0 amide bonds. The maximum absolute atomic E-state index is 5.70. The Morgan fingerprint density at radius 3 is 2.47 bits per heavy atom. The van der Waals surface area contributed by atoms with Crippen LogP contribution in [0.5, 0.6) is 0 Å². The predicted molar refractivity (Wildman–Crippen MR) is 65.5 cm³/mol. The van der Waals surface area contributed by atoms with E-state index in [9.17, 15) is 0 Å². The largest absolute Gasteiger partial charge is 0.377 e. The fraction of sp³-hybridized carbons (Fsp3) is 0.833. The van der Waals surface area contributed by atoms with Gasteiger partial charge in [-0.3, -0.25) is 11.3 Å². The number of hydrogen-bond acceptors (Lipinski definition) is 3. The number of nitrogens with one attached hydrogen (secondary N) is 1. The molecule has 0 aliphatic rings. The molecule has 3 N–H and O–H groups in total. The third-order valence-electron chi connectivity index (χ3n) is 2.63. The predicted octanol–water partition coefficient (Wildman–Crippen LogP) is 2.38. The second-order valence-corrected chi connectivity index (χ2v) is 3.86. The molecule has 3 heteroatoms. The highest BCUT2D eigenvalue weighted by atomic mass is 16.5. The molecule has 0 aromatic carbocycles. The van der Waals surface area contributed by atoms with Crippen LogP contribution in [0.25, 0.3) is 0 Å². The van der Waals surface area contributed by atoms with Crippen molar-refractivity contribution < 1.29 is 4.74 Å². The van der Waals surface area contributed by atoms with Crippen molar-refractivity contribution in [3.05, 3.63) is 12.2 Å². The highest BCUT2D eigenvalue weighted by Gasteiger charge is 2.20. The molecular weight excluding hydrogens is 188 g/mol. The van der Waals surface area contributed by atoms with E-state index in [2.05, 4.69) is 25.9 Å². The van der Waals surface area contributed by atoms with Crippen LogP contribution in [0.3, 0.4) is 0 Å².